The quantitative estimate of drug-likeness (QED) is 0.906. The zero-order chi connectivity index (χ0) is 14.8. The topological polar surface area (TPSA) is 59.2 Å². The minimum Gasteiger partial charge on any atom is -0.508 e. The number of aromatic nitrogens is 2. The van der Waals surface area contributed by atoms with Crippen LogP contribution < -0.4 is 0 Å². The van der Waals surface area contributed by atoms with Crippen LogP contribution in [-0.4, -0.2) is 15.2 Å². The van der Waals surface area contributed by atoms with Crippen LogP contribution >= 0.6 is 0 Å². The van der Waals surface area contributed by atoms with Crippen molar-refractivity contribution in [3.63, 3.8) is 0 Å². The van der Waals surface area contributed by atoms with E-state index in [9.17, 15) is 5.11 Å². The molecule has 1 aliphatic rings. The lowest BCUT2D eigenvalue weighted by molar-refractivity contribution is 0.305. The van der Waals surface area contributed by atoms with Crippen LogP contribution in [0.5, 0.6) is 5.75 Å². The zero-order valence-corrected chi connectivity index (χ0v) is 12.7. The van der Waals surface area contributed by atoms with Gasteiger partial charge in [-0.15, -0.1) is 0 Å². The molecule has 1 heterocycles. The van der Waals surface area contributed by atoms with E-state index >= 15 is 0 Å². The molecule has 3 rings (SSSR count). The molecule has 0 saturated heterocycles. The lowest BCUT2D eigenvalue weighted by Crippen LogP contribution is -2.13. The summed E-state index contributed by atoms with van der Waals surface area (Å²) < 4.78 is 5.44. The summed E-state index contributed by atoms with van der Waals surface area (Å²) >= 11 is 0. The highest BCUT2D eigenvalue weighted by Crippen LogP contribution is 2.36. The van der Waals surface area contributed by atoms with Crippen LogP contribution in [0.1, 0.15) is 56.3 Å². The lowest BCUT2D eigenvalue weighted by atomic mass is 9.80. The van der Waals surface area contributed by atoms with E-state index in [4.69, 9.17) is 4.52 Å². The van der Waals surface area contributed by atoms with Crippen LogP contribution in [-0.2, 0) is 0 Å². The minimum absolute atomic E-state index is 0.258. The first-order valence-corrected chi connectivity index (χ1v) is 7.81. The molecule has 1 aliphatic carbocycles. The first-order chi connectivity index (χ1) is 10.2. The highest BCUT2D eigenvalue weighted by atomic mass is 16.5. The molecule has 1 aromatic heterocycles. The Bertz CT molecular complexity index is 613. The van der Waals surface area contributed by atoms with Crippen LogP contribution in [0, 0.1) is 12.8 Å². The van der Waals surface area contributed by atoms with Gasteiger partial charge in [-0.1, -0.05) is 18.5 Å². The van der Waals surface area contributed by atoms with Crippen molar-refractivity contribution in [1.82, 2.24) is 10.1 Å². The Morgan fingerprint density at radius 1 is 1.24 bits per heavy atom. The average Bonchev–Trinajstić information content (AvgIpc) is 2.97. The molecule has 4 heteroatoms. The normalized spacial score (nSPS) is 22.4. The summed E-state index contributed by atoms with van der Waals surface area (Å²) in [7, 11) is 0. The number of aromatic hydroxyl groups is 1. The van der Waals surface area contributed by atoms with E-state index < -0.39 is 0 Å². The van der Waals surface area contributed by atoms with Crippen LogP contribution in [0.4, 0.5) is 0 Å². The standard InChI is InChI=1S/C17H22N2O2/c1-3-12-4-6-13(7-5-12)16-18-17(21-19-16)15-9-8-14(20)10-11(15)2/h8-10,12-13,20H,3-7H2,1-2H3. The summed E-state index contributed by atoms with van der Waals surface area (Å²) in [5, 5.41) is 13.7. The van der Waals surface area contributed by atoms with E-state index in [0.29, 0.717) is 11.8 Å². The maximum absolute atomic E-state index is 9.48. The van der Waals surface area contributed by atoms with Gasteiger partial charge in [-0.2, -0.15) is 4.98 Å². The Hall–Kier alpha value is -1.84. The lowest BCUT2D eigenvalue weighted by Gasteiger charge is -2.25. The van der Waals surface area contributed by atoms with Crippen molar-refractivity contribution in [3.8, 4) is 17.2 Å². The zero-order valence-electron chi connectivity index (χ0n) is 12.7. The molecule has 0 amide bonds. The summed E-state index contributed by atoms with van der Waals surface area (Å²) in [5.74, 6) is 2.95. The predicted molar refractivity (Wildman–Crippen MR) is 81.1 cm³/mol. The van der Waals surface area contributed by atoms with E-state index in [1.54, 1.807) is 12.1 Å². The molecule has 0 bridgehead atoms. The number of phenols is 1. The van der Waals surface area contributed by atoms with Gasteiger partial charge in [0.25, 0.3) is 5.89 Å². The Morgan fingerprint density at radius 3 is 2.67 bits per heavy atom. The number of nitrogens with zero attached hydrogens (tertiary/aromatic N) is 2. The molecule has 1 saturated carbocycles. The molecule has 112 valence electrons. The van der Waals surface area contributed by atoms with Gasteiger partial charge >= 0.3 is 0 Å². The number of phenolic OH excluding ortho intramolecular Hbond substituents is 1. The van der Waals surface area contributed by atoms with Crippen molar-refractivity contribution < 1.29 is 9.63 Å². The van der Waals surface area contributed by atoms with E-state index in [-0.39, 0.29) is 5.75 Å². The second-order valence-electron chi connectivity index (χ2n) is 6.08. The molecule has 2 aromatic rings. The average molecular weight is 286 g/mol. The van der Waals surface area contributed by atoms with Gasteiger partial charge in [-0.25, -0.2) is 0 Å². The molecule has 4 nitrogen and oxygen atoms in total. The van der Waals surface area contributed by atoms with Crippen LogP contribution in [0.3, 0.4) is 0 Å². The van der Waals surface area contributed by atoms with Gasteiger partial charge in [0.1, 0.15) is 5.75 Å². The van der Waals surface area contributed by atoms with Crippen molar-refractivity contribution in [3.05, 3.63) is 29.6 Å². The van der Waals surface area contributed by atoms with Gasteiger partial charge in [0.2, 0.25) is 0 Å². The second kappa shape index (κ2) is 5.88. The smallest absolute Gasteiger partial charge is 0.258 e. The number of hydrogen-bond acceptors (Lipinski definition) is 4. The third-order valence-corrected chi connectivity index (χ3v) is 4.67. The first kappa shape index (κ1) is 14.1. The van der Waals surface area contributed by atoms with Crippen molar-refractivity contribution in [2.45, 2.75) is 51.9 Å². The first-order valence-electron chi connectivity index (χ1n) is 7.81. The van der Waals surface area contributed by atoms with Crippen molar-refractivity contribution in [2.24, 2.45) is 5.92 Å². The monoisotopic (exact) mass is 286 g/mol. The number of benzene rings is 1. The maximum atomic E-state index is 9.48. The summed E-state index contributed by atoms with van der Waals surface area (Å²) in [6, 6.07) is 5.19. The Morgan fingerprint density at radius 2 is 2.00 bits per heavy atom. The number of hydrogen-bond donors (Lipinski definition) is 1. The van der Waals surface area contributed by atoms with E-state index in [2.05, 4.69) is 17.1 Å². The number of aryl methyl sites for hydroxylation is 1. The molecule has 0 radical (unpaired) electrons. The molecule has 0 unspecified atom stereocenters. The molecule has 21 heavy (non-hydrogen) atoms. The summed E-state index contributed by atoms with van der Waals surface area (Å²) in [6.07, 6.45) is 6.13. The van der Waals surface area contributed by atoms with Gasteiger partial charge in [0.15, 0.2) is 5.82 Å². The molecule has 1 N–H and O–H groups in total. The molecule has 1 fully saturated rings. The van der Waals surface area contributed by atoms with E-state index in [0.717, 1.165) is 35.7 Å². The molecular formula is C17H22N2O2. The van der Waals surface area contributed by atoms with Crippen molar-refractivity contribution >= 4 is 0 Å². The Balaban J connectivity index is 1.77. The third kappa shape index (κ3) is 2.94. The van der Waals surface area contributed by atoms with Crippen LogP contribution in [0.2, 0.25) is 0 Å². The summed E-state index contributed by atoms with van der Waals surface area (Å²) in [6.45, 7) is 4.20. The molecule has 0 spiro atoms. The molecular weight excluding hydrogens is 264 g/mol. The van der Waals surface area contributed by atoms with Crippen LogP contribution in [0.25, 0.3) is 11.5 Å². The Labute approximate surface area is 125 Å². The van der Waals surface area contributed by atoms with Gasteiger partial charge < -0.3 is 9.63 Å². The largest absolute Gasteiger partial charge is 0.508 e. The van der Waals surface area contributed by atoms with Crippen LogP contribution in [0.15, 0.2) is 22.7 Å². The fraction of sp³-hybridized carbons (Fsp3) is 0.529. The van der Waals surface area contributed by atoms with E-state index in [1.165, 1.54) is 19.3 Å². The predicted octanol–water partition coefficient (Wildman–Crippen LogP) is 4.43. The summed E-state index contributed by atoms with van der Waals surface area (Å²) in [4.78, 5) is 4.59. The second-order valence-corrected chi connectivity index (χ2v) is 6.08. The SMILES string of the molecule is CCC1CCC(c2noc(-c3ccc(O)cc3C)n2)CC1. The summed E-state index contributed by atoms with van der Waals surface area (Å²) in [5.41, 5.74) is 1.84. The Kier molecular flexibility index (Phi) is 3.95. The van der Waals surface area contributed by atoms with Gasteiger partial charge in [-0.05, 0) is 62.3 Å². The van der Waals surface area contributed by atoms with E-state index in [1.807, 2.05) is 13.0 Å². The third-order valence-electron chi connectivity index (χ3n) is 4.67. The van der Waals surface area contributed by atoms with Crippen molar-refractivity contribution in [1.29, 1.82) is 0 Å². The van der Waals surface area contributed by atoms with Gasteiger partial charge in [0.05, 0.1) is 0 Å². The van der Waals surface area contributed by atoms with Crippen molar-refractivity contribution in [2.75, 3.05) is 0 Å². The maximum Gasteiger partial charge on any atom is 0.258 e. The fourth-order valence-electron chi connectivity index (χ4n) is 3.23. The highest BCUT2D eigenvalue weighted by Gasteiger charge is 2.25. The van der Waals surface area contributed by atoms with Gasteiger partial charge in [0, 0.05) is 11.5 Å². The molecule has 0 atom stereocenters. The molecule has 0 aliphatic heterocycles. The highest BCUT2D eigenvalue weighted by molar-refractivity contribution is 5.59. The molecule has 1 aromatic carbocycles. The fourth-order valence-corrected chi connectivity index (χ4v) is 3.23. The minimum atomic E-state index is 0.258. The number of rotatable bonds is 3. The van der Waals surface area contributed by atoms with Gasteiger partial charge in [-0.3, -0.25) is 0 Å².